The van der Waals surface area contributed by atoms with Crippen LogP contribution >= 0.6 is 0 Å². The monoisotopic (exact) mass is 373 g/mol. The summed E-state index contributed by atoms with van der Waals surface area (Å²) in [6, 6.07) is 10.8. The molecule has 8 heteroatoms. The van der Waals surface area contributed by atoms with Gasteiger partial charge in [-0.15, -0.1) is 0 Å². The molecule has 2 heterocycles. The Morgan fingerprint density at radius 1 is 1.23 bits per heavy atom. The summed E-state index contributed by atoms with van der Waals surface area (Å²) in [6.07, 6.45) is 3.75. The third-order valence-corrected chi connectivity index (χ3v) is 6.39. The van der Waals surface area contributed by atoms with Crippen molar-refractivity contribution in [2.45, 2.75) is 29.0 Å². The van der Waals surface area contributed by atoms with E-state index in [0.717, 1.165) is 0 Å². The molecule has 1 aromatic heterocycles. The van der Waals surface area contributed by atoms with Crippen molar-refractivity contribution in [2.75, 3.05) is 6.54 Å². The fourth-order valence-electron chi connectivity index (χ4n) is 2.87. The van der Waals surface area contributed by atoms with Crippen LogP contribution in [0.15, 0.2) is 59.8 Å². The molecule has 0 aliphatic carbocycles. The van der Waals surface area contributed by atoms with Crippen LogP contribution in [-0.2, 0) is 19.4 Å². The van der Waals surface area contributed by atoms with E-state index in [9.17, 15) is 18.0 Å². The lowest BCUT2D eigenvalue weighted by Crippen LogP contribution is -2.43. The molecule has 2 amide bonds. The van der Waals surface area contributed by atoms with Crippen molar-refractivity contribution in [1.82, 2.24) is 15.6 Å². The fraction of sp³-hybridized carbons (Fsp3) is 0.278. The number of carbonyl (C=O) groups excluding carboxylic acids is 2. The van der Waals surface area contributed by atoms with E-state index in [-0.39, 0.29) is 23.3 Å². The second-order valence-electron chi connectivity index (χ2n) is 6.04. The molecule has 26 heavy (non-hydrogen) atoms. The Kier molecular flexibility index (Phi) is 5.32. The molecule has 1 aromatic carbocycles. The van der Waals surface area contributed by atoms with Crippen molar-refractivity contribution in [2.24, 2.45) is 0 Å². The normalized spacial score (nSPS) is 18.2. The highest BCUT2D eigenvalue weighted by molar-refractivity contribution is 7.91. The van der Waals surface area contributed by atoms with Crippen LogP contribution in [0, 0.1) is 0 Å². The Morgan fingerprint density at radius 3 is 2.62 bits per heavy atom. The van der Waals surface area contributed by atoms with E-state index >= 15 is 0 Å². The third kappa shape index (κ3) is 3.91. The van der Waals surface area contributed by atoms with Gasteiger partial charge >= 0.3 is 0 Å². The fourth-order valence-corrected chi connectivity index (χ4v) is 4.54. The molecule has 1 aliphatic heterocycles. The highest BCUT2D eigenvalue weighted by atomic mass is 32.2. The Balaban J connectivity index is 1.83. The highest BCUT2D eigenvalue weighted by Gasteiger charge is 2.32. The number of amides is 2. The van der Waals surface area contributed by atoms with Gasteiger partial charge in [0.25, 0.3) is 0 Å². The van der Waals surface area contributed by atoms with Gasteiger partial charge in [-0.05, 0) is 30.2 Å². The summed E-state index contributed by atoms with van der Waals surface area (Å²) in [6.45, 7) is -0.103. The number of hydrogen-bond donors (Lipinski definition) is 2. The standard InChI is InChI=1S/C18H19N3O4S/c22-17-9-8-15(21-17)18(23)20-12-16(13-5-4-10-19-11-13)26(24,25)14-6-2-1-3-7-14/h1-7,10-11,15-16H,8-9,12H2,(H,20,23)(H,21,22). The molecule has 0 saturated carbocycles. The first kappa shape index (κ1) is 18.1. The van der Waals surface area contributed by atoms with Crippen LogP contribution in [0.4, 0.5) is 0 Å². The van der Waals surface area contributed by atoms with Crippen molar-refractivity contribution in [3.8, 4) is 0 Å². The topological polar surface area (TPSA) is 105 Å². The summed E-state index contributed by atoms with van der Waals surface area (Å²) in [5, 5.41) is 4.26. The van der Waals surface area contributed by atoms with E-state index in [2.05, 4.69) is 15.6 Å². The lowest BCUT2D eigenvalue weighted by molar-refractivity contribution is -0.125. The van der Waals surface area contributed by atoms with Crippen molar-refractivity contribution < 1.29 is 18.0 Å². The lowest BCUT2D eigenvalue weighted by Gasteiger charge is -2.20. The van der Waals surface area contributed by atoms with Crippen LogP contribution < -0.4 is 10.6 Å². The van der Waals surface area contributed by atoms with Crippen molar-refractivity contribution in [3.05, 3.63) is 60.4 Å². The van der Waals surface area contributed by atoms with Crippen LogP contribution in [0.25, 0.3) is 0 Å². The van der Waals surface area contributed by atoms with Gasteiger partial charge in [0, 0.05) is 25.4 Å². The van der Waals surface area contributed by atoms with Crippen LogP contribution in [-0.4, -0.2) is 37.8 Å². The number of sulfone groups is 1. The summed E-state index contributed by atoms with van der Waals surface area (Å²) in [5.74, 6) is -0.557. The van der Waals surface area contributed by atoms with Gasteiger partial charge in [0.1, 0.15) is 11.3 Å². The van der Waals surface area contributed by atoms with Crippen LogP contribution in [0.3, 0.4) is 0 Å². The Morgan fingerprint density at radius 2 is 2.00 bits per heavy atom. The number of rotatable bonds is 6. The van der Waals surface area contributed by atoms with Gasteiger partial charge in [0.2, 0.25) is 11.8 Å². The van der Waals surface area contributed by atoms with Gasteiger partial charge in [-0.1, -0.05) is 24.3 Å². The first-order chi connectivity index (χ1) is 12.5. The Labute approximate surface area is 151 Å². The number of nitrogens with zero attached hydrogens (tertiary/aromatic N) is 1. The number of aromatic nitrogens is 1. The van der Waals surface area contributed by atoms with Crippen molar-refractivity contribution in [1.29, 1.82) is 0 Å². The molecule has 1 aliphatic rings. The quantitative estimate of drug-likeness (QED) is 0.786. The maximum Gasteiger partial charge on any atom is 0.242 e. The Bertz CT molecular complexity index is 885. The van der Waals surface area contributed by atoms with E-state index in [1.165, 1.54) is 18.3 Å². The van der Waals surface area contributed by atoms with E-state index < -0.39 is 21.1 Å². The minimum absolute atomic E-state index is 0.103. The lowest BCUT2D eigenvalue weighted by atomic mass is 10.2. The van der Waals surface area contributed by atoms with Gasteiger partial charge in [-0.3, -0.25) is 14.6 Å². The highest BCUT2D eigenvalue weighted by Crippen LogP contribution is 2.28. The summed E-state index contributed by atoms with van der Waals surface area (Å²) in [4.78, 5) is 27.7. The van der Waals surface area contributed by atoms with Gasteiger partial charge in [0.15, 0.2) is 9.84 Å². The van der Waals surface area contributed by atoms with Crippen molar-refractivity contribution >= 4 is 21.7 Å². The molecule has 1 saturated heterocycles. The number of benzene rings is 1. The average molecular weight is 373 g/mol. The smallest absolute Gasteiger partial charge is 0.242 e. The van der Waals surface area contributed by atoms with Gasteiger partial charge in [0.05, 0.1) is 4.90 Å². The maximum atomic E-state index is 13.1. The predicted molar refractivity (Wildman–Crippen MR) is 94.8 cm³/mol. The molecule has 136 valence electrons. The number of nitrogens with one attached hydrogen (secondary N) is 2. The second-order valence-corrected chi connectivity index (χ2v) is 8.17. The van der Waals surface area contributed by atoms with E-state index in [1.54, 1.807) is 36.5 Å². The molecule has 7 nitrogen and oxygen atoms in total. The summed E-state index contributed by atoms with van der Waals surface area (Å²) >= 11 is 0. The van der Waals surface area contributed by atoms with Gasteiger partial charge < -0.3 is 10.6 Å². The molecule has 0 spiro atoms. The molecule has 2 unspecified atom stereocenters. The van der Waals surface area contributed by atoms with Crippen LogP contribution in [0.2, 0.25) is 0 Å². The molecular weight excluding hydrogens is 354 g/mol. The summed E-state index contributed by atoms with van der Waals surface area (Å²) < 4.78 is 26.1. The zero-order chi connectivity index (χ0) is 18.6. The average Bonchev–Trinajstić information content (AvgIpc) is 3.10. The number of carbonyl (C=O) groups is 2. The van der Waals surface area contributed by atoms with Crippen molar-refractivity contribution in [3.63, 3.8) is 0 Å². The molecule has 2 N–H and O–H groups in total. The minimum atomic E-state index is -3.73. The maximum absolute atomic E-state index is 13.1. The van der Waals surface area contributed by atoms with Gasteiger partial charge in [-0.2, -0.15) is 0 Å². The largest absolute Gasteiger partial charge is 0.353 e. The zero-order valence-corrected chi connectivity index (χ0v) is 14.8. The van der Waals surface area contributed by atoms with Crippen LogP contribution in [0.5, 0.6) is 0 Å². The van der Waals surface area contributed by atoms with E-state index in [1.807, 2.05) is 0 Å². The number of pyridine rings is 1. The molecule has 0 radical (unpaired) electrons. The second kappa shape index (κ2) is 7.65. The molecule has 3 rings (SSSR count). The number of hydrogen-bond acceptors (Lipinski definition) is 5. The molecule has 2 atom stereocenters. The third-order valence-electron chi connectivity index (χ3n) is 4.28. The van der Waals surface area contributed by atoms with E-state index in [4.69, 9.17) is 0 Å². The predicted octanol–water partition coefficient (Wildman–Crippen LogP) is 0.991. The minimum Gasteiger partial charge on any atom is -0.353 e. The SMILES string of the molecule is O=C1CCC(C(=O)NCC(c2cccnc2)S(=O)(=O)c2ccccc2)N1. The van der Waals surface area contributed by atoms with E-state index in [0.29, 0.717) is 18.4 Å². The summed E-state index contributed by atoms with van der Waals surface area (Å²) in [7, 11) is -3.73. The zero-order valence-electron chi connectivity index (χ0n) is 14.0. The molecule has 0 bridgehead atoms. The van der Waals surface area contributed by atoms with Crippen LogP contribution in [0.1, 0.15) is 23.7 Å². The Hall–Kier alpha value is -2.74. The first-order valence-corrected chi connectivity index (χ1v) is 9.79. The molecule has 2 aromatic rings. The van der Waals surface area contributed by atoms with Gasteiger partial charge in [-0.25, -0.2) is 8.42 Å². The molecular formula is C18H19N3O4S. The molecule has 1 fully saturated rings. The first-order valence-electron chi connectivity index (χ1n) is 8.24. The summed E-state index contributed by atoms with van der Waals surface area (Å²) in [5.41, 5.74) is 0.493.